The van der Waals surface area contributed by atoms with E-state index in [-0.39, 0.29) is 11.9 Å². The number of likely N-dealkylation sites (tertiary alicyclic amines) is 1. The largest absolute Gasteiger partial charge is 0.497 e. The third-order valence-electron chi connectivity index (χ3n) is 4.23. The zero-order chi connectivity index (χ0) is 17.1. The zero-order valence-electron chi connectivity index (χ0n) is 14.4. The molecule has 0 N–H and O–H groups in total. The molecule has 2 heterocycles. The van der Waals surface area contributed by atoms with Crippen LogP contribution in [-0.4, -0.2) is 34.6 Å². The van der Waals surface area contributed by atoms with Crippen molar-refractivity contribution < 1.29 is 14.1 Å². The Bertz CT molecular complexity index is 694. The number of nitrogens with zero attached hydrogens (tertiary/aromatic N) is 3. The fourth-order valence-corrected chi connectivity index (χ4v) is 3.02. The molecule has 24 heavy (non-hydrogen) atoms. The SMILES string of the molecule is COc1ccc(-c2noc(C3CCCN3C(=O)CC(C)C)n2)cc1. The fourth-order valence-electron chi connectivity index (χ4n) is 3.02. The Morgan fingerprint density at radius 2 is 2.12 bits per heavy atom. The summed E-state index contributed by atoms with van der Waals surface area (Å²) in [5.41, 5.74) is 0.865. The van der Waals surface area contributed by atoms with Gasteiger partial charge < -0.3 is 14.2 Å². The summed E-state index contributed by atoms with van der Waals surface area (Å²) in [4.78, 5) is 18.8. The molecule has 1 aliphatic rings. The number of carbonyl (C=O) groups is 1. The first-order valence-corrected chi connectivity index (χ1v) is 8.36. The van der Waals surface area contributed by atoms with Crippen LogP contribution in [0.3, 0.4) is 0 Å². The standard InChI is InChI=1S/C18H23N3O3/c1-12(2)11-16(22)21-10-4-5-15(21)18-19-17(20-24-18)13-6-8-14(23-3)9-7-13/h6-9,12,15H,4-5,10-11H2,1-3H3. The lowest BCUT2D eigenvalue weighted by Gasteiger charge is -2.22. The summed E-state index contributed by atoms with van der Waals surface area (Å²) >= 11 is 0. The van der Waals surface area contributed by atoms with Crippen molar-refractivity contribution in [2.45, 2.75) is 39.2 Å². The molecule has 1 aromatic heterocycles. The number of rotatable bonds is 5. The van der Waals surface area contributed by atoms with Gasteiger partial charge in [0, 0.05) is 18.5 Å². The van der Waals surface area contributed by atoms with Crippen LogP contribution in [0.2, 0.25) is 0 Å². The van der Waals surface area contributed by atoms with Crippen molar-refractivity contribution in [2.75, 3.05) is 13.7 Å². The van der Waals surface area contributed by atoms with Gasteiger partial charge in [-0.1, -0.05) is 19.0 Å². The predicted octanol–water partition coefficient (Wildman–Crippen LogP) is 3.45. The third kappa shape index (κ3) is 3.42. The molecule has 0 radical (unpaired) electrons. The second kappa shape index (κ2) is 7.03. The average Bonchev–Trinajstić information content (AvgIpc) is 3.23. The summed E-state index contributed by atoms with van der Waals surface area (Å²) in [6, 6.07) is 7.41. The molecule has 6 nitrogen and oxygen atoms in total. The lowest BCUT2D eigenvalue weighted by molar-refractivity contribution is -0.133. The minimum Gasteiger partial charge on any atom is -0.497 e. The summed E-state index contributed by atoms with van der Waals surface area (Å²) in [5, 5.41) is 4.08. The fraction of sp³-hybridized carbons (Fsp3) is 0.500. The highest BCUT2D eigenvalue weighted by atomic mass is 16.5. The second-order valence-corrected chi connectivity index (χ2v) is 6.53. The monoisotopic (exact) mass is 329 g/mol. The number of carbonyl (C=O) groups excluding carboxylic acids is 1. The Hall–Kier alpha value is -2.37. The number of benzene rings is 1. The molecule has 0 bridgehead atoms. The highest BCUT2D eigenvalue weighted by Gasteiger charge is 2.34. The van der Waals surface area contributed by atoms with E-state index in [9.17, 15) is 4.79 Å². The first kappa shape index (κ1) is 16.5. The Balaban J connectivity index is 1.77. The average molecular weight is 329 g/mol. The van der Waals surface area contributed by atoms with Gasteiger partial charge in [0.15, 0.2) is 0 Å². The molecule has 1 saturated heterocycles. The molecule has 1 aromatic carbocycles. The molecule has 0 aliphatic carbocycles. The quantitative estimate of drug-likeness (QED) is 0.840. The van der Waals surface area contributed by atoms with Gasteiger partial charge in [0.05, 0.1) is 7.11 Å². The van der Waals surface area contributed by atoms with Gasteiger partial charge in [-0.05, 0) is 43.0 Å². The van der Waals surface area contributed by atoms with Crippen molar-refractivity contribution in [2.24, 2.45) is 5.92 Å². The number of amides is 1. The summed E-state index contributed by atoms with van der Waals surface area (Å²) < 4.78 is 10.6. The van der Waals surface area contributed by atoms with Gasteiger partial charge in [-0.3, -0.25) is 4.79 Å². The summed E-state index contributed by atoms with van der Waals surface area (Å²) in [5.74, 6) is 2.35. The van der Waals surface area contributed by atoms with Crippen molar-refractivity contribution >= 4 is 5.91 Å². The minimum atomic E-state index is -0.101. The number of ether oxygens (including phenoxy) is 1. The molecule has 1 amide bonds. The highest BCUT2D eigenvalue weighted by molar-refractivity contribution is 5.77. The molecule has 0 saturated carbocycles. The molecule has 1 aliphatic heterocycles. The highest BCUT2D eigenvalue weighted by Crippen LogP contribution is 2.33. The van der Waals surface area contributed by atoms with Crippen molar-refractivity contribution in [1.82, 2.24) is 15.0 Å². The van der Waals surface area contributed by atoms with Gasteiger partial charge in [0.2, 0.25) is 17.6 Å². The first-order valence-electron chi connectivity index (χ1n) is 8.36. The van der Waals surface area contributed by atoms with E-state index in [1.165, 1.54) is 0 Å². The Morgan fingerprint density at radius 1 is 1.38 bits per heavy atom. The van der Waals surface area contributed by atoms with Gasteiger partial charge >= 0.3 is 0 Å². The lowest BCUT2D eigenvalue weighted by atomic mass is 10.1. The van der Waals surface area contributed by atoms with E-state index in [1.54, 1.807) is 7.11 Å². The smallest absolute Gasteiger partial charge is 0.249 e. The molecule has 2 aromatic rings. The van der Waals surface area contributed by atoms with Gasteiger partial charge in [-0.2, -0.15) is 4.98 Å². The van der Waals surface area contributed by atoms with Crippen molar-refractivity contribution in [3.05, 3.63) is 30.2 Å². The molecule has 0 spiro atoms. The van der Waals surface area contributed by atoms with E-state index in [0.717, 1.165) is 30.7 Å². The number of methoxy groups -OCH3 is 1. The molecule has 1 unspecified atom stereocenters. The maximum atomic E-state index is 12.4. The maximum absolute atomic E-state index is 12.4. The normalized spacial score (nSPS) is 17.5. The lowest BCUT2D eigenvalue weighted by Crippen LogP contribution is -2.31. The summed E-state index contributed by atoms with van der Waals surface area (Å²) in [6.07, 6.45) is 2.39. The van der Waals surface area contributed by atoms with Crippen LogP contribution in [0.1, 0.15) is 45.0 Å². The van der Waals surface area contributed by atoms with Crippen LogP contribution in [0.25, 0.3) is 11.4 Å². The van der Waals surface area contributed by atoms with Crippen molar-refractivity contribution in [1.29, 1.82) is 0 Å². The van der Waals surface area contributed by atoms with Crippen LogP contribution in [-0.2, 0) is 4.79 Å². The molecule has 1 fully saturated rings. The van der Waals surface area contributed by atoms with Gasteiger partial charge in [-0.25, -0.2) is 0 Å². The van der Waals surface area contributed by atoms with Crippen LogP contribution >= 0.6 is 0 Å². The molecular weight excluding hydrogens is 306 g/mol. The first-order chi connectivity index (χ1) is 11.6. The molecular formula is C18H23N3O3. The predicted molar refractivity (Wildman–Crippen MR) is 89.4 cm³/mol. The van der Waals surface area contributed by atoms with Crippen LogP contribution in [0, 0.1) is 5.92 Å². The van der Waals surface area contributed by atoms with Crippen LogP contribution < -0.4 is 4.74 Å². The van der Waals surface area contributed by atoms with Crippen molar-refractivity contribution in [3.8, 4) is 17.1 Å². The van der Waals surface area contributed by atoms with E-state index < -0.39 is 0 Å². The van der Waals surface area contributed by atoms with E-state index in [2.05, 4.69) is 24.0 Å². The summed E-state index contributed by atoms with van der Waals surface area (Å²) in [7, 11) is 1.63. The van der Waals surface area contributed by atoms with Crippen LogP contribution in [0.4, 0.5) is 0 Å². The topological polar surface area (TPSA) is 68.5 Å². The zero-order valence-corrected chi connectivity index (χ0v) is 14.4. The Morgan fingerprint density at radius 3 is 2.79 bits per heavy atom. The minimum absolute atomic E-state index is 0.101. The maximum Gasteiger partial charge on any atom is 0.249 e. The number of hydrogen-bond donors (Lipinski definition) is 0. The van der Waals surface area contributed by atoms with E-state index in [0.29, 0.717) is 24.1 Å². The van der Waals surface area contributed by atoms with E-state index >= 15 is 0 Å². The Labute approximate surface area is 141 Å². The van der Waals surface area contributed by atoms with E-state index in [4.69, 9.17) is 9.26 Å². The molecule has 128 valence electrons. The van der Waals surface area contributed by atoms with Crippen molar-refractivity contribution in [3.63, 3.8) is 0 Å². The van der Waals surface area contributed by atoms with E-state index in [1.807, 2.05) is 29.2 Å². The third-order valence-corrected chi connectivity index (χ3v) is 4.23. The molecule has 6 heteroatoms. The molecule has 1 atom stereocenters. The summed E-state index contributed by atoms with van der Waals surface area (Å²) in [6.45, 7) is 4.87. The number of aromatic nitrogens is 2. The second-order valence-electron chi connectivity index (χ2n) is 6.53. The van der Waals surface area contributed by atoms with Gasteiger partial charge in [0.25, 0.3) is 0 Å². The number of hydrogen-bond acceptors (Lipinski definition) is 5. The molecule has 3 rings (SSSR count). The van der Waals surface area contributed by atoms with Gasteiger partial charge in [-0.15, -0.1) is 0 Å². The van der Waals surface area contributed by atoms with Crippen LogP contribution in [0.5, 0.6) is 5.75 Å². The Kier molecular flexibility index (Phi) is 4.83. The van der Waals surface area contributed by atoms with Gasteiger partial charge in [0.1, 0.15) is 11.8 Å². The van der Waals surface area contributed by atoms with Crippen LogP contribution in [0.15, 0.2) is 28.8 Å².